The Kier molecular flexibility index (Phi) is 2.95. The molecule has 0 saturated heterocycles. The molecule has 0 fully saturated rings. The molecule has 1 aromatic heterocycles. The number of H-pyrrole nitrogens is 1. The minimum absolute atomic E-state index is 0.243. The van der Waals surface area contributed by atoms with Crippen LogP contribution in [0.25, 0.3) is 11.6 Å². The Hall–Kier alpha value is -2.10. The first-order valence-corrected chi connectivity index (χ1v) is 5.52. The summed E-state index contributed by atoms with van der Waals surface area (Å²) in [5, 5.41) is 13.0. The number of nitro groups is 1. The Bertz CT molecular complexity index is 633. The summed E-state index contributed by atoms with van der Waals surface area (Å²) in [5.41, 5.74) is 2.13. The van der Waals surface area contributed by atoms with Gasteiger partial charge in [0.25, 0.3) is 5.70 Å². The second-order valence-corrected chi connectivity index (χ2v) is 3.92. The van der Waals surface area contributed by atoms with Crippen LogP contribution in [0.15, 0.2) is 30.1 Å². The summed E-state index contributed by atoms with van der Waals surface area (Å²) in [6, 6.07) is 0. The van der Waals surface area contributed by atoms with Crippen LogP contribution in [-0.4, -0.2) is 9.91 Å². The van der Waals surface area contributed by atoms with Crippen molar-refractivity contribution in [2.75, 3.05) is 0 Å². The van der Waals surface area contributed by atoms with Gasteiger partial charge in [0, 0.05) is 22.8 Å². The summed E-state index contributed by atoms with van der Waals surface area (Å²) < 4.78 is 0. The number of aromatic amines is 1. The average molecular weight is 230 g/mol. The fourth-order valence-corrected chi connectivity index (χ4v) is 2.12. The maximum atomic E-state index is 10.9. The molecule has 0 unspecified atom stereocenters. The van der Waals surface area contributed by atoms with E-state index in [2.05, 4.69) is 4.98 Å². The van der Waals surface area contributed by atoms with Gasteiger partial charge in [-0.15, -0.1) is 0 Å². The summed E-state index contributed by atoms with van der Waals surface area (Å²) in [5.74, 6) is 0. The summed E-state index contributed by atoms with van der Waals surface area (Å²) in [4.78, 5) is 13.7. The SMILES string of the molecule is C/C=C\C1=c2c(c[nH]/c2=C/C)CC([N+](=O)[O-])=C1. The van der Waals surface area contributed by atoms with Crippen LogP contribution >= 0.6 is 0 Å². The number of fused-ring (bicyclic) bond motifs is 1. The van der Waals surface area contributed by atoms with Crippen LogP contribution in [0.3, 0.4) is 0 Å². The molecule has 1 aliphatic carbocycles. The monoisotopic (exact) mass is 230 g/mol. The molecular formula is C13H14N2O2. The van der Waals surface area contributed by atoms with Gasteiger partial charge in [0.15, 0.2) is 0 Å². The normalized spacial score (nSPS) is 16.2. The van der Waals surface area contributed by atoms with Crippen LogP contribution in [0.1, 0.15) is 19.4 Å². The van der Waals surface area contributed by atoms with Crippen molar-refractivity contribution < 1.29 is 4.92 Å². The van der Waals surface area contributed by atoms with E-state index in [9.17, 15) is 10.1 Å². The van der Waals surface area contributed by atoms with E-state index in [1.54, 1.807) is 6.08 Å². The van der Waals surface area contributed by atoms with Crippen LogP contribution in [-0.2, 0) is 6.42 Å². The quantitative estimate of drug-likeness (QED) is 0.614. The standard InChI is InChI=1S/C13H14N2O2/c1-3-5-9-6-11(15(16)17)7-10-8-14-12(4-2)13(9)10/h3-6,8,14H,7H2,1-2H3/b5-3-,12-4+. The molecule has 0 aromatic carbocycles. The molecule has 0 atom stereocenters. The zero-order chi connectivity index (χ0) is 12.4. The zero-order valence-electron chi connectivity index (χ0n) is 9.86. The van der Waals surface area contributed by atoms with Crippen LogP contribution < -0.4 is 10.6 Å². The van der Waals surface area contributed by atoms with Gasteiger partial charge in [-0.1, -0.05) is 18.2 Å². The van der Waals surface area contributed by atoms with Crippen LogP contribution in [0.4, 0.5) is 0 Å². The van der Waals surface area contributed by atoms with Gasteiger partial charge in [-0.2, -0.15) is 0 Å². The molecule has 0 aliphatic heterocycles. The van der Waals surface area contributed by atoms with Crippen LogP contribution in [0.2, 0.25) is 0 Å². The van der Waals surface area contributed by atoms with Gasteiger partial charge in [0.05, 0.1) is 11.3 Å². The van der Waals surface area contributed by atoms with Crippen molar-refractivity contribution in [2.45, 2.75) is 20.3 Å². The second-order valence-electron chi connectivity index (χ2n) is 3.92. The molecule has 0 amide bonds. The molecule has 0 saturated carbocycles. The Labute approximate surface area is 98.8 Å². The molecule has 2 rings (SSSR count). The number of hydrogen-bond donors (Lipinski definition) is 1. The van der Waals surface area contributed by atoms with Crippen molar-refractivity contribution in [1.29, 1.82) is 0 Å². The van der Waals surface area contributed by atoms with Crippen molar-refractivity contribution in [1.82, 2.24) is 4.98 Å². The third kappa shape index (κ3) is 1.93. The van der Waals surface area contributed by atoms with Crippen LogP contribution in [0.5, 0.6) is 0 Å². The lowest BCUT2D eigenvalue weighted by molar-refractivity contribution is -0.427. The molecule has 0 radical (unpaired) electrons. The highest BCUT2D eigenvalue weighted by molar-refractivity contribution is 5.70. The van der Waals surface area contributed by atoms with E-state index in [1.165, 1.54) is 0 Å². The minimum Gasteiger partial charge on any atom is -0.361 e. The van der Waals surface area contributed by atoms with E-state index in [-0.39, 0.29) is 10.6 Å². The van der Waals surface area contributed by atoms with E-state index >= 15 is 0 Å². The van der Waals surface area contributed by atoms with Crippen LogP contribution in [0, 0.1) is 10.1 Å². The minimum atomic E-state index is -0.311. The first kappa shape index (κ1) is 11.4. The van der Waals surface area contributed by atoms with Gasteiger partial charge in [-0.3, -0.25) is 10.1 Å². The van der Waals surface area contributed by atoms with Gasteiger partial charge in [-0.25, -0.2) is 0 Å². The van der Waals surface area contributed by atoms with Gasteiger partial charge >= 0.3 is 0 Å². The number of nitrogens with zero attached hydrogens (tertiary/aromatic N) is 1. The summed E-state index contributed by atoms with van der Waals surface area (Å²) >= 11 is 0. The Morgan fingerprint density at radius 1 is 1.47 bits per heavy atom. The lowest BCUT2D eigenvalue weighted by Crippen LogP contribution is -2.29. The highest BCUT2D eigenvalue weighted by Gasteiger charge is 2.19. The van der Waals surface area contributed by atoms with Crippen molar-refractivity contribution >= 4 is 11.6 Å². The van der Waals surface area contributed by atoms with Gasteiger partial charge in [0.2, 0.25) is 0 Å². The number of aromatic nitrogens is 1. The average Bonchev–Trinajstić information content (AvgIpc) is 2.72. The molecule has 0 spiro atoms. The predicted molar refractivity (Wildman–Crippen MR) is 67.2 cm³/mol. The molecule has 4 nitrogen and oxygen atoms in total. The molecule has 17 heavy (non-hydrogen) atoms. The lowest BCUT2D eigenvalue weighted by Gasteiger charge is -2.05. The number of hydrogen-bond acceptors (Lipinski definition) is 2. The molecule has 1 N–H and O–H groups in total. The number of nitrogens with one attached hydrogen (secondary N) is 1. The lowest BCUT2D eigenvalue weighted by atomic mass is 9.99. The maximum Gasteiger partial charge on any atom is 0.251 e. The Balaban J connectivity index is 2.78. The molecule has 1 aliphatic rings. The van der Waals surface area contributed by atoms with E-state index in [0.717, 1.165) is 21.7 Å². The number of rotatable bonds is 2. The Morgan fingerprint density at radius 3 is 2.82 bits per heavy atom. The molecule has 4 heteroatoms. The number of allylic oxidation sites excluding steroid dienone is 4. The van der Waals surface area contributed by atoms with Crippen molar-refractivity contribution in [2.24, 2.45) is 0 Å². The molecule has 1 aromatic rings. The van der Waals surface area contributed by atoms with E-state index in [4.69, 9.17) is 0 Å². The Morgan fingerprint density at radius 2 is 2.24 bits per heavy atom. The highest BCUT2D eigenvalue weighted by atomic mass is 16.6. The summed E-state index contributed by atoms with van der Waals surface area (Å²) in [7, 11) is 0. The van der Waals surface area contributed by atoms with Gasteiger partial charge in [0.1, 0.15) is 0 Å². The molecular weight excluding hydrogens is 216 g/mol. The predicted octanol–water partition coefficient (Wildman–Crippen LogP) is 1.26. The first-order chi connectivity index (χ1) is 8.17. The fraction of sp³-hybridized carbons (Fsp3) is 0.231. The van der Waals surface area contributed by atoms with E-state index in [1.807, 2.05) is 38.3 Å². The van der Waals surface area contributed by atoms with E-state index in [0.29, 0.717) is 6.42 Å². The fourth-order valence-electron chi connectivity index (χ4n) is 2.12. The summed E-state index contributed by atoms with van der Waals surface area (Å²) in [6.07, 6.45) is 9.67. The molecule has 1 heterocycles. The molecule has 88 valence electrons. The first-order valence-electron chi connectivity index (χ1n) is 5.52. The third-order valence-electron chi connectivity index (χ3n) is 2.84. The van der Waals surface area contributed by atoms with Crippen molar-refractivity contribution in [3.8, 4) is 0 Å². The zero-order valence-corrected chi connectivity index (χ0v) is 9.86. The largest absolute Gasteiger partial charge is 0.361 e. The van der Waals surface area contributed by atoms with Crippen molar-refractivity contribution in [3.05, 3.63) is 56.4 Å². The topological polar surface area (TPSA) is 58.9 Å². The van der Waals surface area contributed by atoms with E-state index < -0.39 is 0 Å². The maximum absolute atomic E-state index is 10.9. The van der Waals surface area contributed by atoms with Gasteiger partial charge < -0.3 is 4.98 Å². The third-order valence-corrected chi connectivity index (χ3v) is 2.84. The summed E-state index contributed by atoms with van der Waals surface area (Å²) in [6.45, 7) is 3.86. The highest BCUT2D eigenvalue weighted by Crippen LogP contribution is 2.14. The van der Waals surface area contributed by atoms with Gasteiger partial charge in [-0.05, 0) is 25.0 Å². The smallest absolute Gasteiger partial charge is 0.251 e. The second kappa shape index (κ2) is 4.41. The molecule has 0 bridgehead atoms. The van der Waals surface area contributed by atoms with Crippen molar-refractivity contribution in [3.63, 3.8) is 0 Å².